The zero-order valence-electron chi connectivity index (χ0n) is 10.6. The minimum absolute atomic E-state index is 0.0106. The van der Waals surface area contributed by atoms with Crippen LogP contribution in [0.1, 0.15) is 33.1 Å². The highest BCUT2D eigenvalue weighted by atomic mass is 16.5. The van der Waals surface area contributed by atoms with Gasteiger partial charge in [0.05, 0.1) is 12.2 Å². The molecule has 1 saturated heterocycles. The Bertz CT molecular complexity index is 186. The molecule has 1 aliphatic heterocycles. The minimum Gasteiger partial charge on any atom is -0.381 e. The Morgan fingerprint density at radius 3 is 2.67 bits per heavy atom. The summed E-state index contributed by atoms with van der Waals surface area (Å²) < 4.78 is 11.0. The molecule has 0 aromatic carbocycles. The van der Waals surface area contributed by atoms with E-state index in [-0.39, 0.29) is 5.60 Å². The first-order chi connectivity index (χ1) is 7.04. The molecule has 1 atom stereocenters. The van der Waals surface area contributed by atoms with Crippen LogP contribution in [-0.2, 0) is 9.47 Å². The van der Waals surface area contributed by atoms with Crippen molar-refractivity contribution in [2.24, 2.45) is 5.41 Å². The SMILES string of the molecule is CNCC1(CCC(C)(C)OC)CCOC1. The molecule has 1 heterocycles. The molecule has 0 radical (unpaired) electrons. The first-order valence-electron chi connectivity index (χ1n) is 5.81. The number of hydrogen-bond donors (Lipinski definition) is 1. The highest BCUT2D eigenvalue weighted by Crippen LogP contribution is 2.35. The van der Waals surface area contributed by atoms with E-state index < -0.39 is 0 Å². The van der Waals surface area contributed by atoms with Crippen molar-refractivity contribution in [2.75, 3.05) is 33.9 Å². The van der Waals surface area contributed by atoms with Gasteiger partial charge in [0.1, 0.15) is 0 Å². The summed E-state index contributed by atoms with van der Waals surface area (Å²) in [5.74, 6) is 0. The molecule has 0 amide bonds. The van der Waals surface area contributed by atoms with E-state index in [1.54, 1.807) is 7.11 Å². The van der Waals surface area contributed by atoms with E-state index in [0.29, 0.717) is 5.41 Å². The van der Waals surface area contributed by atoms with Gasteiger partial charge < -0.3 is 14.8 Å². The number of hydrogen-bond acceptors (Lipinski definition) is 3. The van der Waals surface area contributed by atoms with Crippen LogP contribution in [0, 0.1) is 5.41 Å². The summed E-state index contributed by atoms with van der Waals surface area (Å²) in [5, 5.41) is 3.28. The Labute approximate surface area is 93.5 Å². The van der Waals surface area contributed by atoms with Crippen LogP contribution in [-0.4, -0.2) is 39.5 Å². The van der Waals surface area contributed by atoms with Gasteiger partial charge in [0, 0.05) is 25.7 Å². The molecule has 0 aliphatic carbocycles. The summed E-state index contributed by atoms with van der Waals surface area (Å²) in [7, 11) is 3.80. The van der Waals surface area contributed by atoms with Crippen molar-refractivity contribution in [3.8, 4) is 0 Å². The van der Waals surface area contributed by atoms with Gasteiger partial charge in [-0.05, 0) is 40.2 Å². The van der Waals surface area contributed by atoms with Crippen molar-refractivity contribution in [3.05, 3.63) is 0 Å². The molecule has 3 heteroatoms. The van der Waals surface area contributed by atoms with Gasteiger partial charge in [-0.15, -0.1) is 0 Å². The van der Waals surface area contributed by atoms with Crippen LogP contribution in [0.4, 0.5) is 0 Å². The maximum absolute atomic E-state index is 5.53. The molecule has 0 spiro atoms. The molecule has 1 unspecified atom stereocenters. The van der Waals surface area contributed by atoms with E-state index in [2.05, 4.69) is 19.2 Å². The van der Waals surface area contributed by atoms with Gasteiger partial charge in [0.25, 0.3) is 0 Å². The predicted molar refractivity (Wildman–Crippen MR) is 62.1 cm³/mol. The standard InChI is InChI=1S/C12H25NO2/c1-11(2,14-4)5-6-12(9-13-3)7-8-15-10-12/h13H,5-10H2,1-4H3. The van der Waals surface area contributed by atoms with Crippen molar-refractivity contribution < 1.29 is 9.47 Å². The first-order valence-corrected chi connectivity index (χ1v) is 5.81. The molecule has 1 fully saturated rings. The normalized spacial score (nSPS) is 27.2. The third-order valence-electron chi connectivity index (χ3n) is 3.55. The van der Waals surface area contributed by atoms with Crippen molar-refractivity contribution in [1.82, 2.24) is 5.32 Å². The van der Waals surface area contributed by atoms with Gasteiger partial charge in [-0.3, -0.25) is 0 Å². The van der Waals surface area contributed by atoms with Crippen molar-refractivity contribution in [3.63, 3.8) is 0 Å². The lowest BCUT2D eigenvalue weighted by molar-refractivity contribution is 0.00233. The average Bonchev–Trinajstić information content (AvgIpc) is 2.65. The summed E-state index contributed by atoms with van der Waals surface area (Å²) in [6.07, 6.45) is 3.44. The van der Waals surface area contributed by atoms with Crippen LogP contribution in [0.15, 0.2) is 0 Å². The molecule has 0 aromatic rings. The van der Waals surface area contributed by atoms with Crippen LogP contribution in [0.5, 0.6) is 0 Å². The lowest BCUT2D eigenvalue weighted by Gasteiger charge is -2.31. The van der Waals surface area contributed by atoms with Crippen molar-refractivity contribution in [2.45, 2.75) is 38.7 Å². The van der Waals surface area contributed by atoms with E-state index in [1.807, 2.05) is 7.05 Å². The fraction of sp³-hybridized carbons (Fsp3) is 1.00. The summed E-state index contributed by atoms with van der Waals surface area (Å²) in [6.45, 7) is 7.15. The summed E-state index contributed by atoms with van der Waals surface area (Å²) >= 11 is 0. The maximum atomic E-state index is 5.53. The number of ether oxygens (including phenoxy) is 2. The zero-order chi connectivity index (χ0) is 11.4. The molecule has 1 rings (SSSR count). The smallest absolute Gasteiger partial charge is 0.0623 e. The van der Waals surface area contributed by atoms with Gasteiger partial charge in [-0.25, -0.2) is 0 Å². The van der Waals surface area contributed by atoms with E-state index in [1.165, 1.54) is 12.8 Å². The van der Waals surface area contributed by atoms with Crippen molar-refractivity contribution >= 4 is 0 Å². The second-order valence-electron chi connectivity index (χ2n) is 5.30. The lowest BCUT2D eigenvalue weighted by Crippen LogP contribution is -2.35. The molecule has 15 heavy (non-hydrogen) atoms. The molecule has 90 valence electrons. The monoisotopic (exact) mass is 215 g/mol. The molecule has 0 aromatic heterocycles. The largest absolute Gasteiger partial charge is 0.381 e. The van der Waals surface area contributed by atoms with Crippen LogP contribution >= 0.6 is 0 Å². The van der Waals surface area contributed by atoms with Crippen LogP contribution in [0.2, 0.25) is 0 Å². The van der Waals surface area contributed by atoms with E-state index in [0.717, 1.165) is 26.2 Å². The van der Waals surface area contributed by atoms with E-state index >= 15 is 0 Å². The molecule has 0 saturated carbocycles. The maximum Gasteiger partial charge on any atom is 0.0623 e. The fourth-order valence-corrected chi connectivity index (χ4v) is 2.12. The van der Waals surface area contributed by atoms with Gasteiger partial charge in [-0.2, -0.15) is 0 Å². The molecular formula is C12H25NO2. The Morgan fingerprint density at radius 2 is 2.20 bits per heavy atom. The highest BCUT2D eigenvalue weighted by Gasteiger charge is 2.35. The molecule has 1 N–H and O–H groups in total. The second kappa shape index (κ2) is 5.28. The Morgan fingerprint density at radius 1 is 1.47 bits per heavy atom. The van der Waals surface area contributed by atoms with E-state index in [9.17, 15) is 0 Å². The minimum atomic E-state index is -0.0106. The van der Waals surface area contributed by atoms with Crippen molar-refractivity contribution in [1.29, 1.82) is 0 Å². The van der Waals surface area contributed by atoms with E-state index in [4.69, 9.17) is 9.47 Å². The first kappa shape index (κ1) is 12.9. The third-order valence-corrected chi connectivity index (χ3v) is 3.55. The quantitative estimate of drug-likeness (QED) is 0.733. The number of methoxy groups -OCH3 is 1. The molecular weight excluding hydrogens is 190 g/mol. The van der Waals surface area contributed by atoms with Crippen LogP contribution in [0.3, 0.4) is 0 Å². The summed E-state index contributed by atoms with van der Waals surface area (Å²) in [6, 6.07) is 0. The highest BCUT2D eigenvalue weighted by molar-refractivity contribution is 4.87. The predicted octanol–water partition coefficient (Wildman–Crippen LogP) is 1.82. The molecule has 3 nitrogen and oxygen atoms in total. The summed E-state index contributed by atoms with van der Waals surface area (Å²) in [5.41, 5.74) is 0.327. The Hall–Kier alpha value is -0.120. The topological polar surface area (TPSA) is 30.5 Å². The third kappa shape index (κ3) is 3.74. The average molecular weight is 215 g/mol. The Balaban J connectivity index is 2.45. The van der Waals surface area contributed by atoms with Gasteiger partial charge >= 0.3 is 0 Å². The zero-order valence-corrected chi connectivity index (χ0v) is 10.6. The number of rotatable bonds is 6. The van der Waals surface area contributed by atoms with Gasteiger partial charge in [0.2, 0.25) is 0 Å². The fourth-order valence-electron chi connectivity index (χ4n) is 2.12. The number of nitrogens with one attached hydrogen (secondary N) is 1. The van der Waals surface area contributed by atoms with Gasteiger partial charge in [0.15, 0.2) is 0 Å². The van der Waals surface area contributed by atoms with Crippen LogP contribution < -0.4 is 5.32 Å². The molecule has 0 bridgehead atoms. The molecule has 1 aliphatic rings. The summed E-state index contributed by atoms with van der Waals surface area (Å²) in [4.78, 5) is 0. The Kier molecular flexibility index (Phi) is 4.56. The van der Waals surface area contributed by atoms with Gasteiger partial charge in [-0.1, -0.05) is 0 Å². The lowest BCUT2D eigenvalue weighted by atomic mass is 9.80. The van der Waals surface area contributed by atoms with Crippen LogP contribution in [0.25, 0.3) is 0 Å². The second-order valence-corrected chi connectivity index (χ2v) is 5.30.